The van der Waals surface area contributed by atoms with Gasteiger partial charge in [0.25, 0.3) is 0 Å². The maximum atomic E-state index is 5.72. The molecule has 2 N–H and O–H groups in total. The van der Waals surface area contributed by atoms with Crippen molar-refractivity contribution in [3.8, 4) is 0 Å². The summed E-state index contributed by atoms with van der Waals surface area (Å²) >= 11 is 0. The van der Waals surface area contributed by atoms with E-state index in [0.29, 0.717) is 0 Å². The summed E-state index contributed by atoms with van der Waals surface area (Å²) in [5, 5.41) is 0. The Kier molecular flexibility index (Phi) is 3.39. The van der Waals surface area contributed by atoms with Crippen molar-refractivity contribution in [1.82, 2.24) is 4.90 Å². The van der Waals surface area contributed by atoms with Crippen LogP contribution in [0.15, 0.2) is 24.3 Å². The lowest BCUT2D eigenvalue weighted by molar-refractivity contribution is -0.0468. The molecule has 0 bridgehead atoms. The number of hydrogen-bond acceptors (Lipinski definition) is 4. The summed E-state index contributed by atoms with van der Waals surface area (Å²) in [5.41, 5.74) is 7.84. The summed E-state index contributed by atoms with van der Waals surface area (Å²) < 4.78 is 5.23. The van der Waals surface area contributed by atoms with Gasteiger partial charge in [0.05, 0.1) is 13.2 Å². The third-order valence-electron chi connectivity index (χ3n) is 3.85. The second kappa shape index (κ2) is 5.16. The zero-order valence-corrected chi connectivity index (χ0v) is 10.7. The van der Waals surface area contributed by atoms with Crippen LogP contribution in [0, 0.1) is 5.92 Å². The number of ether oxygens (including phenoxy) is 1. The van der Waals surface area contributed by atoms with E-state index in [1.807, 2.05) is 12.1 Å². The highest BCUT2D eigenvalue weighted by atomic mass is 16.5. The van der Waals surface area contributed by atoms with Gasteiger partial charge in [-0.2, -0.15) is 0 Å². The molecule has 2 aliphatic rings. The van der Waals surface area contributed by atoms with Gasteiger partial charge in [-0.15, -0.1) is 0 Å². The molecule has 4 heteroatoms. The first-order chi connectivity index (χ1) is 8.81. The van der Waals surface area contributed by atoms with Crippen molar-refractivity contribution < 1.29 is 4.74 Å². The minimum atomic E-state index is 0.771. The Morgan fingerprint density at radius 2 is 1.72 bits per heavy atom. The summed E-state index contributed by atoms with van der Waals surface area (Å²) in [5.74, 6) is 0.771. The molecule has 0 spiro atoms. The summed E-state index contributed by atoms with van der Waals surface area (Å²) in [4.78, 5) is 4.99. The van der Waals surface area contributed by atoms with Crippen molar-refractivity contribution in [2.45, 2.75) is 0 Å². The third-order valence-corrected chi connectivity index (χ3v) is 3.85. The molecule has 2 heterocycles. The first-order valence-electron chi connectivity index (χ1n) is 6.72. The lowest BCUT2D eigenvalue weighted by Crippen LogP contribution is -2.50. The molecule has 1 aromatic rings. The highest BCUT2D eigenvalue weighted by Crippen LogP contribution is 2.19. The highest BCUT2D eigenvalue weighted by molar-refractivity contribution is 5.53. The van der Waals surface area contributed by atoms with Crippen molar-refractivity contribution in [3.05, 3.63) is 24.3 Å². The second-order valence-electron chi connectivity index (χ2n) is 5.28. The van der Waals surface area contributed by atoms with Crippen LogP contribution in [0.1, 0.15) is 0 Å². The van der Waals surface area contributed by atoms with Crippen molar-refractivity contribution >= 4 is 11.4 Å². The molecule has 3 rings (SSSR count). The van der Waals surface area contributed by atoms with Crippen molar-refractivity contribution in [3.63, 3.8) is 0 Å². The Morgan fingerprint density at radius 3 is 2.28 bits per heavy atom. The quantitative estimate of drug-likeness (QED) is 0.810. The van der Waals surface area contributed by atoms with Crippen LogP contribution in [0.3, 0.4) is 0 Å². The molecule has 0 radical (unpaired) electrons. The van der Waals surface area contributed by atoms with Gasteiger partial charge >= 0.3 is 0 Å². The number of benzene rings is 1. The van der Waals surface area contributed by atoms with Gasteiger partial charge in [0, 0.05) is 50.0 Å². The van der Waals surface area contributed by atoms with E-state index in [0.717, 1.165) is 51.0 Å². The van der Waals surface area contributed by atoms with E-state index in [4.69, 9.17) is 10.5 Å². The monoisotopic (exact) mass is 247 g/mol. The van der Waals surface area contributed by atoms with Crippen LogP contribution in [0.5, 0.6) is 0 Å². The van der Waals surface area contributed by atoms with Gasteiger partial charge < -0.3 is 15.4 Å². The number of nitrogen functional groups attached to an aromatic ring is 1. The van der Waals surface area contributed by atoms with Gasteiger partial charge in [-0.1, -0.05) is 0 Å². The van der Waals surface area contributed by atoms with Gasteiger partial charge in [-0.3, -0.25) is 4.90 Å². The molecule has 4 nitrogen and oxygen atoms in total. The van der Waals surface area contributed by atoms with Crippen molar-refractivity contribution in [2.75, 3.05) is 56.6 Å². The van der Waals surface area contributed by atoms with Gasteiger partial charge in [-0.05, 0) is 24.3 Å². The maximum absolute atomic E-state index is 5.72. The Balaban J connectivity index is 1.51. The summed E-state index contributed by atoms with van der Waals surface area (Å²) in [7, 11) is 0. The highest BCUT2D eigenvalue weighted by Gasteiger charge is 2.24. The average molecular weight is 247 g/mol. The summed E-state index contributed by atoms with van der Waals surface area (Å²) in [6.07, 6.45) is 0. The second-order valence-corrected chi connectivity index (χ2v) is 5.28. The zero-order valence-electron chi connectivity index (χ0n) is 10.7. The molecule has 0 amide bonds. The smallest absolute Gasteiger partial charge is 0.0528 e. The number of hydrogen-bond donors (Lipinski definition) is 1. The Bertz CT molecular complexity index is 381. The zero-order chi connectivity index (χ0) is 12.4. The molecule has 18 heavy (non-hydrogen) atoms. The average Bonchev–Trinajstić information content (AvgIpc) is 2.36. The number of anilines is 2. The van der Waals surface area contributed by atoms with E-state index < -0.39 is 0 Å². The van der Waals surface area contributed by atoms with Gasteiger partial charge in [-0.25, -0.2) is 0 Å². The Labute approximate surface area is 108 Å². The van der Waals surface area contributed by atoms with Gasteiger partial charge in [0.2, 0.25) is 0 Å². The normalized spacial score (nSPS) is 21.9. The molecule has 2 fully saturated rings. The number of nitrogens with two attached hydrogens (primary N) is 1. The Morgan fingerprint density at radius 1 is 1.06 bits per heavy atom. The van der Waals surface area contributed by atoms with Crippen LogP contribution in [-0.4, -0.2) is 50.8 Å². The summed E-state index contributed by atoms with van der Waals surface area (Å²) in [6.45, 7) is 7.64. The van der Waals surface area contributed by atoms with E-state index >= 15 is 0 Å². The van der Waals surface area contributed by atoms with Crippen molar-refractivity contribution in [2.24, 2.45) is 5.92 Å². The van der Waals surface area contributed by atoms with Crippen LogP contribution in [0.4, 0.5) is 11.4 Å². The molecule has 2 aliphatic heterocycles. The predicted octanol–water partition coefficient (Wildman–Crippen LogP) is 1.04. The van der Waals surface area contributed by atoms with Gasteiger partial charge in [0.15, 0.2) is 0 Å². The van der Waals surface area contributed by atoms with Crippen LogP contribution < -0.4 is 10.6 Å². The minimum Gasteiger partial charge on any atom is -0.399 e. The predicted molar refractivity (Wildman–Crippen MR) is 73.8 cm³/mol. The maximum Gasteiger partial charge on any atom is 0.0528 e. The van der Waals surface area contributed by atoms with E-state index in [1.54, 1.807) is 0 Å². The van der Waals surface area contributed by atoms with Crippen LogP contribution in [-0.2, 0) is 4.74 Å². The topological polar surface area (TPSA) is 41.7 Å². The van der Waals surface area contributed by atoms with E-state index in [1.165, 1.54) is 12.2 Å². The lowest BCUT2D eigenvalue weighted by Gasteiger charge is -2.39. The molecule has 0 aliphatic carbocycles. The number of rotatable bonds is 3. The number of piperazine rings is 1. The first-order valence-corrected chi connectivity index (χ1v) is 6.72. The third kappa shape index (κ3) is 2.60. The minimum absolute atomic E-state index is 0.771. The van der Waals surface area contributed by atoms with Crippen LogP contribution in [0.25, 0.3) is 0 Å². The molecule has 2 saturated heterocycles. The lowest BCUT2D eigenvalue weighted by atomic mass is 10.1. The molecular formula is C14H21N3O. The molecular weight excluding hydrogens is 226 g/mol. The summed E-state index contributed by atoms with van der Waals surface area (Å²) in [6, 6.07) is 8.19. The van der Waals surface area contributed by atoms with E-state index in [9.17, 15) is 0 Å². The standard InChI is InChI=1S/C14H21N3O/c15-13-1-3-14(4-2-13)17-7-5-16(6-8-17)9-12-10-18-11-12/h1-4,12H,5-11,15H2. The van der Waals surface area contributed by atoms with Crippen LogP contribution in [0.2, 0.25) is 0 Å². The fraction of sp³-hybridized carbons (Fsp3) is 0.571. The first kappa shape index (κ1) is 11.8. The fourth-order valence-electron chi connectivity index (χ4n) is 2.63. The Hall–Kier alpha value is -1.26. The molecule has 0 saturated carbocycles. The molecule has 0 atom stereocenters. The van der Waals surface area contributed by atoms with E-state index in [-0.39, 0.29) is 0 Å². The molecule has 0 unspecified atom stereocenters. The molecule has 1 aromatic carbocycles. The van der Waals surface area contributed by atoms with Crippen LogP contribution >= 0.6 is 0 Å². The molecule has 0 aromatic heterocycles. The molecule has 98 valence electrons. The number of nitrogens with zero attached hydrogens (tertiary/aromatic N) is 2. The van der Waals surface area contributed by atoms with Crippen molar-refractivity contribution in [1.29, 1.82) is 0 Å². The largest absolute Gasteiger partial charge is 0.399 e. The SMILES string of the molecule is Nc1ccc(N2CCN(CC3COC3)CC2)cc1. The fourth-order valence-corrected chi connectivity index (χ4v) is 2.63. The van der Waals surface area contributed by atoms with E-state index in [2.05, 4.69) is 21.9 Å². The van der Waals surface area contributed by atoms with Gasteiger partial charge in [0.1, 0.15) is 0 Å².